The lowest BCUT2D eigenvalue weighted by Gasteiger charge is -2.15. The molecule has 5 nitrogen and oxygen atoms in total. The number of hydrogen-bond donors (Lipinski definition) is 1. The molecule has 0 spiro atoms. The van der Waals surface area contributed by atoms with E-state index in [0.29, 0.717) is 18.2 Å². The Morgan fingerprint density at radius 1 is 1.15 bits per heavy atom. The van der Waals surface area contributed by atoms with E-state index in [1.165, 1.54) is 20.5 Å². The van der Waals surface area contributed by atoms with E-state index >= 15 is 0 Å². The highest BCUT2D eigenvalue weighted by atomic mass is 16.5. The first-order chi connectivity index (χ1) is 13.1. The fourth-order valence-corrected chi connectivity index (χ4v) is 2.58. The Morgan fingerprint density at radius 3 is 2.63 bits per heavy atom. The lowest BCUT2D eigenvalue weighted by Crippen LogP contribution is -2.13. The van der Waals surface area contributed by atoms with Gasteiger partial charge in [-0.15, -0.1) is 0 Å². The fraction of sp³-hybridized carbons (Fsp3) is 0.318. The third-order valence-electron chi connectivity index (χ3n) is 4.20. The third kappa shape index (κ3) is 5.78. The van der Waals surface area contributed by atoms with E-state index in [-0.39, 0.29) is 0 Å². The summed E-state index contributed by atoms with van der Waals surface area (Å²) < 4.78 is 15.9. The zero-order valence-electron chi connectivity index (χ0n) is 16.3. The van der Waals surface area contributed by atoms with Gasteiger partial charge in [-0.2, -0.15) is 0 Å². The molecule has 0 aliphatic heterocycles. The van der Waals surface area contributed by atoms with Gasteiger partial charge in [0.1, 0.15) is 17.9 Å². The van der Waals surface area contributed by atoms with Crippen LogP contribution in [0.25, 0.3) is 5.57 Å². The largest absolute Gasteiger partial charge is 0.503 e. The van der Waals surface area contributed by atoms with Crippen molar-refractivity contribution in [2.24, 2.45) is 0 Å². The van der Waals surface area contributed by atoms with Gasteiger partial charge >= 0.3 is 5.97 Å². The minimum Gasteiger partial charge on any atom is -0.503 e. The van der Waals surface area contributed by atoms with Crippen LogP contribution in [0.2, 0.25) is 0 Å². The Kier molecular flexibility index (Phi) is 7.74. The van der Waals surface area contributed by atoms with Gasteiger partial charge in [-0.1, -0.05) is 37.3 Å². The highest BCUT2D eigenvalue weighted by Gasteiger charge is 2.16. The van der Waals surface area contributed by atoms with Gasteiger partial charge in [0.15, 0.2) is 0 Å². The number of carbonyl (C=O) groups excluding carboxylic acids is 1. The van der Waals surface area contributed by atoms with Gasteiger partial charge in [-0.3, -0.25) is 0 Å². The van der Waals surface area contributed by atoms with E-state index in [2.05, 4.69) is 19.2 Å². The maximum absolute atomic E-state index is 12.1. The number of hydrogen-bond acceptors (Lipinski definition) is 5. The lowest BCUT2D eigenvalue weighted by molar-refractivity contribution is -0.133. The SMILES string of the molecule is CCC(C)Nc1cccc(OCc2ccccc2/C(=C\OC)C(=O)OC)c1. The molecule has 5 heteroatoms. The van der Waals surface area contributed by atoms with Crippen molar-refractivity contribution in [1.29, 1.82) is 0 Å². The Balaban J connectivity index is 2.18. The van der Waals surface area contributed by atoms with Crippen LogP contribution in [0, 0.1) is 0 Å². The zero-order chi connectivity index (χ0) is 19.6. The number of methoxy groups -OCH3 is 2. The van der Waals surface area contributed by atoms with Crippen LogP contribution in [0.4, 0.5) is 5.69 Å². The number of carbonyl (C=O) groups is 1. The van der Waals surface area contributed by atoms with Gasteiger partial charge in [-0.25, -0.2) is 4.79 Å². The first kappa shape index (κ1) is 20.4. The molecule has 1 unspecified atom stereocenters. The Labute approximate surface area is 161 Å². The molecule has 2 aromatic carbocycles. The van der Waals surface area contributed by atoms with Crippen molar-refractivity contribution < 1.29 is 19.0 Å². The van der Waals surface area contributed by atoms with Crippen LogP contribution in [0.15, 0.2) is 54.8 Å². The molecule has 1 N–H and O–H groups in total. The molecule has 0 saturated heterocycles. The van der Waals surface area contributed by atoms with Crippen molar-refractivity contribution in [2.45, 2.75) is 32.9 Å². The molecule has 0 saturated carbocycles. The van der Waals surface area contributed by atoms with Crippen molar-refractivity contribution >= 4 is 17.2 Å². The van der Waals surface area contributed by atoms with E-state index in [1.54, 1.807) is 0 Å². The molecular formula is C22H27NO4. The topological polar surface area (TPSA) is 56.8 Å². The summed E-state index contributed by atoms with van der Waals surface area (Å²) in [5, 5.41) is 3.43. The van der Waals surface area contributed by atoms with Gasteiger partial charge < -0.3 is 19.5 Å². The number of rotatable bonds is 9. The number of benzene rings is 2. The molecular weight excluding hydrogens is 342 g/mol. The second kappa shape index (κ2) is 10.3. The molecule has 0 amide bonds. The van der Waals surface area contributed by atoms with Crippen molar-refractivity contribution in [3.05, 3.63) is 65.9 Å². The van der Waals surface area contributed by atoms with E-state index in [4.69, 9.17) is 14.2 Å². The minimum atomic E-state index is -0.455. The monoisotopic (exact) mass is 369 g/mol. The van der Waals surface area contributed by atoms with Gasteiger partial charge in [-0.05, 0) is 36.6 Å². The van der Waals surface area contributed by atoms with Crippen molar-refractivity contribution in [3.8, 4) is 5.75 Å². The fourth-order valence-electron chi connectivity index (χ4n) is 2.58. The zero-order valence-corrected chi connectivity index (χ0v) is 16.3. The molecule has 2 rings (SSSR count). The van der Waals surface area contributed by atoms with Gasteiger partial charge in [0.05, 0.1) is 20.5 Å². The molecule has 0 radical (unpaired) electrons. The standard InChI is InChI=1S/C22H27NO4/c1-5-16(2)23-18-10-8-11-19(13-18)27-14-17-9-6-7-12-20(17)21(15-25-3)22(24)26-4/h6-13,15-16,23H,5,14H2,1-4H3/b21-15+. The van der Waals surface area contributed by atoms with Crippen LogP contribution in [0.3, 0.4) is 0 Å². The van der Waals surface area contributed by atoms with Gasteiger partial charge in [0, 0.05) is 17.8 Å². The molecule has 0 aliphatic rings. The molecule has 0 fully saturated rings. The average Bonchev–Trinajstić information content (AvgIpc) is 2.70. The molecule has 0 bridgehead atoms. The number of ether oxygens (including phenoxy) is 3. The average molecular weight is 369 g/mol. The maximum atomic E-state index is 12.1. The smallest absolute Gasteiger partial charge is 0.341 e. The van der Waals surface area contributed by atoms with Crippen molar-refractivity contribution in [2.75, 3.05) is 19.5 Å². The highest BCUT2D eigenvalue weighted by molar-refractivity contribution is 6.16. The summed E-state index contributed by atoms with van der Waals surface area (Å²) in [5.74, 6) is 0.303. The quantitative estimate of drug-likeness (QED) is 0.396. The van der Waals surface area contributed by atoms with Gasteiger partial charge in [0.2, 0.25) is 0 Å². The maximum Gasteiger partial charge on any atom is 0.341 e. The predicted molar refractivity (Wildman–Crippen MR) is 108 cm³/mol. The highest BCUT2D eigenvalue weighted by Crippen LogP contribution is 2.24. The normalized spacial score (nSPS) is 12.2. The van der Waals surface area contributed by atoms with Crippen LogP contribution < -0.4 is 10.1 Å². The summed E-state index contributed by atoms with van der Waals surface area (Å²) >= 11 is 0. The molecule has 144 valence electrons. The van der Waals surface area contributed by atoms with Crippen LogP contribution in [0.5, 0.6) is 5.75 Å². The van der Waals surface area contributed by atoms with Crippen molar-refractivity contribution in [3.63, 3.8) is 0 Å². The van der Waals surface area contributed by atoms with Gasteiger partial charge in [0.25, 0.3) is 0 Å². The molecule has 0 aromatic heterocycles. The van der Waals surface area contributed by atoms with E-state index in [1.807, 2.05) is 48.5 Å². The minimum absolute atomic E-state index is 0.320. The van der Waals surface area contributed by atoms with E-state index in [0.717, 1.165) is 29.0 Å². The summed E-state index contributed by atoms with van der Waals surface area (Å²) in [7, 11) is 2.85. The molecule has 0 aliphatic carbocycles. The second-order valence-electron chi connectivity index (χ2n) is 6.19. The lowest BCUT2D eigenvalue weighted by atomic mass is 10.0. The number of anilines is 1. The molecule has 0 heterocycles. The molecule has 1 atom stereocenters. The number of esters is 1. The first-order valence-corrected chi connectivity index (χ1v) is 8.98. The van der Waals surface area contributed by atoms with E-state index < -0.39 is 5.97 Å². The van der Waals surface area contributed by atoms with Crippen LogP contribution >= 0.6 is 0 Å². The first-order valence-electron chi connectivity index (χ1n) is 8.98. The van der Waals surface area contributed by atoms with E-state index in [9.17, 15) is 4.79 Å². The van der Waals surface area contributed by atoms with Crippen LogP contribution in [-0.2, 0) is 20.9 Å². The summed E-state index contributed by atoms with van der Waals surface area (Å²) in [4.78, 5) is 12.1. The Hall–Kier alpha value is -2.95. The number of nitrogens with one attached hydrogen (secondary N) is 1. The summed E-state index contributed by atoms with van der Waals surface area (Å²) in [6, 6.07) is 15.8. The van der Waals surface area contributed by atoms with Crippen LogP contribution in [-0.4, -0.2) is 26.2 Å². The molecule has 2 aromatic rings. The van der Waals surface area contributed by atoms with Crippen LogP contribution in [0.1, 0.15) is 31.4 Å². The summed E-state index contributed by atoms with van der Waals surface area (Å²) in [5.41, 5.74) is 2.96. The Bertz CT molecular complexity index is 785. The predicted octanol–water partition coefficient (Wildman–Crippen LogP) is 4.64. The third-order valence-corrected chi connectivity index (χ3v) is 4.20. The Morgan fingerprint density at radius 2 is 1.93 bits per heavy atom. The summed E-state index contributed by atoms with van der Waals surface area (Å²) in [6.07, 6.45) is 2.43. The summed E-state index contributed by atoms with van der Waals surface area (Å²) in [6.45, 7) is 4.60. The second-order valence-corrected chi connectivity index (χ2v) is 6.19. The molecule has 27 heavy (non-hydrogen) atoms. The van der Waals surface area contributed by atoms with Crippen molar-refractivity contribution in [1.82, 2.24) is 0 Å².